The number of anilines is 1. The number of piperazine rings is 1. The standard InChI is InChI=1S/C22H25N3O4S/c26-22(20-8-1-2-9-21(20)30-16-19-7-4-14-29-19)24-12-10-23(11-13-24)17-5-3-6-18(15-17)25(27)28/h1-3,5-6,8-9,15,19H,4,7,10-14,16H2. The molecule has 2 fully saturated rings. The van der Waals surface area contributed by atoms with Crippen molar-refractivity contribution in [3.8, 4) is 0 Å². The number of thioether (sulfide) groups is 1. The van der Waals surface area contributed by atoms with E-state index in [-0.39, 0.29) is 22.6 Å². The fourth-order valence-electron chi connectivity index (χ4n) is 3.87. The molecule has 0 N–H and O–H groups in total. The van der Waals surface area contributed by atoms with E-state index in [2.05, 4.69) is 4.90 Å². The number of ether oxygens (including phenoxy) is 1. The molecule has 0 radical (unpaired) electrons. The van der Waals surface area contributed by atoms with E-state index in [0.29, 0.717) is 26.2 Å². The number of carbonyl (C=O) groups is 1. The molecule has 2 aromatic carbocycles. The Kier molecular flexibility index (Phi) is 6.54. The lowest BCUT2D eigenvalue weighted by Gasteiger charge is -2.36. The van der Waals surface area contributed by atoms with Crippen LogP contribution in [-0.4, -0.2) is 60.4 Å². The fraction of sp³-hybridized carbons (Fsp3) is 0.409. The van der Waals surface area contributed by atoms with Crippen LogP contribution in [0.1, 0.15) is 23.2 Å². The lowest BCUT2D eigenvalue weighted by atomic mass is 10.1. The molecule has 0 bridgehead atoms. The Balaban J connectivity index is 1.38. The summed E-state index contributed by atoms with van der Waals surface area (Å²) in [6.07, 6.45) is 2.47. The number of amides is 1. The number of benzene rings is 2. The molecule has 1 amide bonds. The summed E-state index contributed by atoms with van der Waals surface area (Å²) >= 11 is 1.69. The van der Waals surface area contributed by atoms with E-state index in [1.807, 2.05) is 35.2 Å². The van der Waals surface area contributed by atoms with Gasteiger partial charge in [0.2, 0.25) is 0 Å². The summed E-state index contributed by atoms with van der Waals surface area (Å²) in [5.41, 5.74) is 1.65. The van der Waals surface area contributed by atoms with Gasteiger partial charge < -0.3 is 14.5 Å². The zero-order valence-electron chi connectivity index (χ0n) is 16.7. The molecule has 158 valence electrons. The minimum atomic E-state index is -0.380. The second-order valence-corrected chi connectivity index (χ2v) is 8.56. The van der Waals surface area contributed by atoms with Gasteiger partial charge in [0.15, 0.2) is 0 Å². The molecule has 4 rings (SSSR count). The van der Waals surface area contributed by atoms with Crippen molar-refractivity contribution < 1.29 is 14.5 Å². The monoisotopic (exact) mass is 427 g/mol. The van der Waals surface area contributed by atoms with Gasteiger partial charge in [-0.3, -0.25) is 14.9 Å². The van der Waals surface area contributed by atoms with Crippen LogP contribution < -0.4 is 4.90 Å². The molecule has 2 aliphatic heterocycles. The quantitative estimate of drug-likeness (QED) is 0.396. The van der Waals surface area contributed by atoms with Crippen LogP contribution in [0, 0.1) is 10.1 Å². The number of hydrogen-bond acceptors (Lipinski definition) is 6. The van der Waals surface area contributed by atoms with Gasteiger partial charge in [-0.2, -0.15) is 0 Å². The zero-order chi connectivity index (χ0) is 20.9. The van der Waals surface area contributed by atoms with Gasteiger partial charge in [0.25, 0.3) is 11.6 Å². The summed E-state index contributed by atoms with van der Waals surface area (Å²) in [6.45, 7) is 3.31. The highest BCUT2D eigenvalue weighted by atomic mass is 32.2. The minimum absolute atomic E-state index is 0.0455. The topological polar surface area (TPSA) is 75.9 Å². The third-order valence-electron chi connectivity index (χ3n) is 5.54. The van der Waals surface area contributed by atoms with Gasteiger partial charge in [-0.25, -0.2) is 0 Å². The lowest BCUT2D eigenvalue weighted by molar-refractivity contribution is -0.384. The summed E-state index contributed by atoms with van der Waals surface area (Å²) in [7, 11) is 0. The molecule has 0 spiro atoms. The number of rotatable bonds is 6. The van der Waals surface area contributed by atoms with E-state index in [4.69, 9.17) is 4.74 Å². The van der Waals surface area contributed by atoms with Crippen LogP contribution in [0.15, 0.2) is 53.4 Å². The highest BCUT2D eigenvalue weighted by molar-refractivity contribution is 7.99. The number of nitrogens with zero attached hydrogens (tertiary/aromatic N) is 3. The van der Waals surface area contributed by atoms with Crippen molar-refractivity contribution in [3.05, 3.63) is 64.2 Å². The molecule has 2 heterocycles. The SMILES string of the molecule is O=C(c1ccccc1SCC1CCCO1)N1CCN(c2cccc([N+](=O)[O-])c2)CC1. The maximum Gasteiger partial charge on any atom is 0.271 e. The highest BCUT2D eigenvalue weighted by Gasteiger charge is 2.25. The van der Waals surface area contributed by atoms with E-state index >= 15 is 0 Å². The molecule has 1 unspecified atom stereocenters. The third kappa shape index (κ3) is 4.76. The van der Waals surface area contributed by atoms with Crippen molar-refractivity contribution >= 4 is 29.0 Å². The number of nitro benzene ring substituents is 1. The Morgan fingerprint density at radius 1 is 1.13 bits per heavy atom. The zero-order valence-corrected chi connectivity index (χ0v) is 17.6. The van der Waals surface area contributed by atoms with Crippen molar-refractivity contribution in [2.45, 2.75) is 23.8 Å². The molecule has 8 heteroatoms. The predicted octanol–water partition coefficient (Wildman–Crippen LogP) is 3.83. The molecule has 0 saturated carbocycles. The van der Waals surface area contributed by atoms with E-state index in [0.717, 1.165) is 41.3 Å². The molecule has 0 aliphatic carbocycles. The van der Waals surface area contributed by atoms with Gasteiger partial charge in [0.05, 0.1) is 16.6 Å². The van der Waals surface area contributed by atoms with E-state index < -0.39 is 0 Å². The van der Waals surface area contributed by atoms with E-state index in [1.54, 1.807) is 23.9 Å². The molecule has 30 heavy (non-hydrogen) atoms. The first kappa shape index (κ1) is 20.7. The number of hydrogen-bond donors (Lipinski definition) is 0. The Morgan fingerprint density at radius 3 is 2.67 bits per heavy atom. The van der Waals surface area contributed by atoms with Gasteiger partial charge in [-0.1, -0.05) is 18.2 Å². The van der Waals surface area contributed by atoms with Gasteiger partial charge in [-0.05, 0) is 31.0 Å². The molecule has 0 aromatic heterocycles. The largest absolute Gasteiger partial charge is 0.377 e. The van der Waals surface area contributed by atoms with Crippen LogP contribution in [0.3, 0.4) is 0 Å². The van der Waals surface area contributed by atoms with Crippen LogP contribution in [0.25, 0.3) is 0 Å². The second-order valence-electron chi connectivity index (χ2n) is 7.50. The third-order valence-corrected chi connectivity index (χ3v) is 6.74. The van der Waals surface area contributed by atoms with Gasteiger partial charge in [-0.15, -0.1) is 11.8 Å². The highest BCUT2D eigenvalue weighted by Crippen LogP contribution is 2.28. The van der Waals surface area contributed by atoms with Crippen LogP contribution in [-0.2, 0) is 4.74 Å². The molecule has 7 nitrogen and oxygen atoms in total. The Bertz CT molecular complexity index is 909. The molecule has 1 atom stereocenters. The van der Waals surface area contributed by atoms with E-state index in [1.165, 1.54) is 6.07 Å². The van der Waals surface area contributed by atoms with Gasteiger partial charge in [0, 0.05) is 61.3 Å². The van der Waals surface area contributed by atoms with Crippen LogP contribution in [0.2, 0.25) is 0 Å². The maximum absolute atomic E-state index is 13.2. The first-order chi connectivity index (χ1) is 14.6. The summed E-state index contributed by atoms with van der Waals surface area (Å²) in [5.74, 6) is 0.911. The van der Waals surface area contributed by atoms with Crippen molar-refractivity contribution in [1.82, 2.24) is 4.90 Å². The van der Waals surface area contributed by atoms with Crippen molar-refractivity contribution in [2.75, 3.05) is 43.4 Å². The number of nitro groups is 1. The van der Waals surface area contributed by atoms with Gasteiger partial charge in [0.1, 0.15) is 0 Å². The van der Waals surface area contributed by atoms with Crippen LogP contribution in [0.5, 0.6) is 0 Å². The molecular weight excluding hydrogens is 402 g/mol. The van der Waals surface area contributed by atoms with E-state index in [9.17, 15) is 14.9 Å². The average Bonchev–Trinajstić information content (AvgIpc) is 3.31. The smallest absolute Gasteiger partial charge is 0.271 e. The molecule has 2 aromatic rings. The summed E-state index contributed by atoms with van der Waals surface area (Å²) in [6, 6.07) is 14.4. The first-order valence-electron chi connectivity index (χ1n) is 10.2. The van der Waals surface area contributed by atoms with Gasteiger partial charge >= 0.3 is 0 Å². The number of non-ortho nitro benzene ring substituents is 1. The molecule has 2 saturated heterocycles. The normalized spacial score (nSPS) is 19.1. The van der Waals surface area contributed by atoms with Crippen molar-refractivity contribution in [3.63, 3.8) is 0 Å². The Labute approximate surface area is 180 Å². The maximum atomic E-state index is 13.2. The second kappa shape index (κ2) is 9.49. The fourth-order valence-corrected chi connectivity index (χ4v) is 4.98. The summed E-state index contributed by atoms with van der Waals surface area (Å²) in [4.78, 5) is 28.8. The van der Waals surface area contributed by atoms with Crippen LogP contribution >= 0.6 is 11.8 Å². The predicted molar refractivity (Wildman–Crippen MR) is 117 cm³/mol. The summed E-state index contributed by atoms with van der Waals surface area (Å²) < 4.78 is 5.70. The van der Waals surface area contributed by atoms with Crippen molar-refractivity contribution in [1.29, 1.82) is 0 Å². The molecule has 2 aliphatic rings. The Hall–Kier alpha value is -2.58. The lowest BCUT2D eigenvalue weighted by Crippen LogP contribution is -2.48. The first-order valence-corrected chi connectivity index (χ1v) is 11.2. The number of carbonyl (C=O) groups excluding carboxylic acids is 1. The summed E-state index contributed by atoms with van der Waals surface area (Å²) in [5, 5.41) is 11.0. The Morgan fingerprint density at radius 2 is 1.93 bits per heavy atom. The average molecular weight is 428 g/mol. The minimum Gasteiger partial charge on any atom is -0.377 e. The van der Waals surface area contributed by atoms with Crippen molar-refractivity contribution in [2.24, 2.45) is 0 Å². The van der Waals surface area contributed by atoms with Crippen LogP contribution in [0.4, 0.5) is 11.4 Å². The molecular formula is C22H25N3O4S.